The molecule has 0 amide bonds. The molecule has 1 unspecified atom stereocenters. The van der Waals surface area contributed by atoms with Crippen molar-refractivity contribution in [3.05, 3.63) is 36.0 Å². The topological polar surface area (TPSA) is 84.4 Å². The standard InChI is InChI=1S/C19H26N4O3S/c1-4-23(16-10-11-27(24,25)13-16)18-12-14(3)20-19(22-18)21-15-6-8-17(9-7-15)26-5-2/h6-9,12,16H,4-5,10-11,13H2,1-3H3,(H,20,21,22). The molecule has 1 aromatic heterocycles. The van der Waals surface area contributed by atoms with Gasteiger partial charge in [-0.25, -0.2) is 13.4 Å². The van der Waals surface area contributed by atoms with E-state index >= 15 is 0 Å². The molecule has 2 aromatic rings. The van der Waals surface area contributed by atoms with Gasteiger partial charge < -0.3 is 15.0 Å². The zero-order valence-corrected chi connectivity index (χ0v) is 16.8. The first-order chi connectivity index (χ1) is 12.9. The summed E-state index contributed by atoms with van der Waals surface area (Å²) < 4.78 is 29.2. The Morgan fingerprint density at radius 3 is 2.56 bits per heavy atom. The van der Waals surface area contributed by atoms with Crippen LogP contribution in [-0.2, 0) is 9.84 Å². The molecule has 0 aliphatic carbocycles. The van der Waals surface area contributed by atoms with Gasteiger partial charge >= 0.3 is 0 Å². The lowest BCUT2D eigenvalue weighted by atomic mass is 10.2. The molecule has 1 fully saturated rings. The molecule has 7 nitrogen and oxygen atoms in total. The quantitative estimate of drug-likeness (QED) is 0.778. The summed E-state index contributed by atoms with van der Waals surface area (Å²) in [7, 11) is -2.95. The van der Waals surface area contributed by atoms with Crippen molar-refractivity contribution in [1.29, 1.82) is 0 Å². The summed E-state index contributed by atoms with van der Waals surface area (Å²) in [6.07, 6.45) is 0.640. The summed E-state index contributed by atoms with van der Waals surface area (Å²) in [5.74, 6) is 2.49. The first-order valence-corrected chi connectivity index (χ1v) is 11.0. The molecule has 2 heterocycles. The molecule has 146 valence electrons. The highest BCUT2D eigenvalue weighted by atomic mass is 32.2. The molecule has 1 atom stereocenters. The van der Waals surface area contributed by atoms with E-state index in [2.05, 4.69) is 20.2 Å². The smallest absolute Gasteiger partial charge is 0.229 e. The number of benzene rings is 1. The normalized spacial score (nSPS) is 18.3. The number of aromatic nitrogens is 2. The molecular formula is C19H26N4O3S. The number of hydrogen-bond donors (Lipinski definition) is 1. The van der Waals surface area contributed by atoms with Gasteiger partial charge in [-0.1, -0.05) is 0 Å². The molecule has 0 bridgehead atoms. The predicted octanol–water partition coefficient (Wildman–Crippen LogP) is 2.94. The second-order valence-electron chi connectivity index (χ2n) is 6.62. The minimum Gasteiger partial charge on any atom is -0.494 e. The number of aryl methyl sites for hydroxylation is 1. The number of nitrogens with one attached hydrogen (secondary N) is 1. The summed E-state index contributed by atoms with van der Waals surface area (Å²) >= 11 is 0. The fourth-order valence-corrected chi connectivity index (χ4v) is 5.04. The molecular weight excluding hydrogens is 364 g/mol. The third-order valence-electron chi connectivity index (χ3n) is 4.55. The van der Waals surface area contributed by atoms with Crippen LogP contribution in [0.1, 0.15) is 26.0 Å². The lowest BCUT2D eigenvalue weighted by molar-refractivity contribution is 0.340. The van der Waals surface area contributed by atoms with Crippen LogP contribution in [-0.4, -0.2) is 49.1 Å². The maximum Gasteiger partial charge on any atom is 0.229 e. The highest BCUT2D eigenvalue weighted by Gasteiger charge is 2.32. The number of anilines is 3. The number of rotatable bonds is 7. The van der Waals surface area contributed by atoms with Crippen molar-refractivity contribution >= 4 is 27.3 Å². The van der Waals surface area contributed by atoms with Crippen molar-refractivity contribution < 1.29 is 13.2 Å². The van der Waals surface area contributed by atoms with Crippen LogP contribution in [0, 0.1) is 6.92 Å². The maximum absolute atomic E-state index is 11.9. The Bertz CT molecular complexity index is 884. The van der Waals surface area contributed by atoms with Gasteiger partial charge in [-0.3, -0.25) is 0 Å². The maximum atomic E-state index is 11.9. The zero-order valence-electron chi connectivity index (χ0n) is 16.0. The van der Waals surface area contributed by atoms with Crippen molar-refractivity contribution in [3.63, 3.8) is 0 Å². The highest BCUT2D eigenvalue weighted by molar-refractivity contribution is 7.91. The second-order valence-corrected chi connectivity index (χ2v) is 8.85. The van der Waals surface area contributed by atoms with Gasteiger partial charge in [-0.05, 0) is 51.5 Å². The van der Waals surface area contributed by atoms with Gasteiger partial charge in [0.25, 0.3) is 0 Å². The molecule has 0 spiro atoms. The van der Waals surface area contributed by atoms with E-state index in [0.29, 0.717) is 25.5 Å². The van der Waals surface area contributed by atoms with Crippen molar-refractivity contribution in [2.75, 3.05) is 34.9 Å². The van der Waals surface area contributed by atoms with Gasteiger partial charge in [0.1, 0.15) is 11.6 Å². The Hall–Kier alpha value is -2.35. The minimum atomic E-state index is -2.95. The summed E-state index contributed by atoms with van der Waals surface area (Å²) in [6, 6.07) is 9.48. The molecule has 1 N–H and O–H groups in total. The van der Waals surface area contributed by atoms with Crippen LogP contribution in [0.3, 0.4) is 0 Å². The van der Waals surface area contributed by atoms with Gasteiger partial charge in [0.05, 0.1) is 18.1 Å². The zero-order chi connectivity index (χ0) is 19.4. The van der Waals surface area contributed by atoms with Crippen molar-refractivity contribution in [3.8, 4) is 5.75 Å². The first-order valence-electron chi connectivity index (χ1n) is 9.23. The summed E-state index contributed by atoms with van der Waals surface area (Å²) in [5, 5.41) is 3.22. The van der Waals surface area contributed by atoms with E-state index in [1.165, 1.54) is 0 Å². The Kier molecular flexibility index (Phi) is 5.84. The van der Waals surface area contributed by atoms with Crippen LogP contribution >= 0.6 is 0 Å². The fourth-order valence-electron chi connectivity index (χ4n) is 3.31. The van der Waals surface area contributed by atoms with Gasteiger partial charge in [0, 0.05) is 30.0 Å². The largest absolute Gasteiger partial charge is 0.494 e. The van der Waals surface area contributed by atoms with E-state index in [1.807, 2.05) is 51.1 Å². The third kappa shape index (κ3) is 4.88. The Balaban J connectivity index is 1.80. The summed E-state index contributed by atoms with van der Waals surface area (Å²) in [6.45, 7) is 7.19. The molecule has 0 radical (unpaired) electrons. The highest BCUT2D eigenvalue weighted by Crippen LogP contribution is 2.25. The number of nitrogens with zero attached hydrogens (tertiary/aromatic N) is 3. The SMILES string of the molecule is CCOc1ccc(Nc2nc(C)cc(N(CC)C3CCS(=O)(=O)C3)n2)cc1. The van der Waals surface area contributed by atoms with Crippen LogP contribution < -0.4 is 15.0 Å². The monoisotopic (exact) mass is 390 g/mol. The average molecular weight is 391 g/mol. The Labute approximate surface area is 160 Å². The van der Waals surface area contributed by atoms with Gasteiger partial charge in [-0.15, -0.1) is 0 Å². The van der Waals surface area contributed by atoms with Crippen molar-refractivity contribution in [2.24, 2.45) is 0 Å². The molecule has 8 heteroatoms. The van der Waals surface area contributed by atoms with Crippen molar-refractivity contribution in [2.45, 2.75) is 33.2 Å². The van der Waals surface area contributed by atoms with Crippen LogP contribution in [0.25, 0.3) is 0 Å². The predicted molar refractivity (Wildman–Crippen MR) is 108 cm³/mol. The minimum absolute atomic E-state index is 0.0346. The van der Waals surface area contributed by atoms with Gasteiger partial charge in [-0.2, -0.15) is 4.98 Å². The summed E-state index contributed by atoms with van der Waals surface area (Å²) in [4.78, 5) is 11.1. The average Bonchev–Trinajstić information content (AvgIpc) is 2.97. The molecule has 27 heavy (non-hydrogen) atoms. The molecule has 3 rings (SSSR count). The Morgan fingerprint density at radius 2 is 1.96 bits per heavy atom. The third-order valence-corrected chi connectivity index (χ3v) is 6.30. The van der Waals surface area contributed by atoms with Crippen LogP contribution in [0.15, 0.2) is 30.3 Å². The fraction of sp³-hybridized carbons (Fsp3) is 0.474. The van der Waals surface area contributed by atoms with Crippen LogP contribution in [0.5, 0.6) is 5.75 Å². The Morgan fingerprint density at radius 1 is 1.22 bits per heavy atom. The van der Waals surface area contributed by atoms with E-state index in [-0.39, 0.29) is 17.5 Å². The molecule has 1 aliphatic heterocycles. The second kappa shape index (κ2) is 8.12. The molecule has 0 saturated carbocycles. The van der Waals surface area contributed by atoms with E-state index in [1.54, 1.807) is 0 Å². The molecule has 1 aliphatic rings. The van der Waals surface area contributed by atoms with Gasteiger partial charge in [0.15, 0.2) is 9.84 Å². The number of hydrogen-bond acceptors (Lipinski definition) is 7. The lowest BCUT2D eigenvalue weighted by Crippen LogP contribution is -2.36. The lowest BCUT2D eigenvalue weighted by Gasteiger charge is -2.28. The molecule has 1 saturated heterocycles. The van der Waals surface area contributed by atoms with Gasteiger partial charge in [0.2, 0.25) is 5.95 Å². The number of ether oxygens (including phenoxy) is 1. The van der Waals surface area contributed by atoms with Crippen LogP contribution in [0.4, 0.5) is 17.5 Å². The van der Waals surface area contributed by atoms with E-state index in [4.69, 9.17) is 4.74 Å². The first kappa shape index (κ1) is 19.4. The summed E-state index contributed by atoms with van der Waals surface area (Å²) in [5.41, 5.74) is 1.69. The molecule has 1 aromatic carbocycles. The van der Waals surface area contributed by atoms with Crippen molar-refractivity contribution in [1.82, 2.24) is 9.97 Å². The number of sulfone groups is 1. The van der Waals surface area contributed by atoms with Crippen LogP contribution in [0.2, 0.25) is 0 Å². The van der Waals surface area contributed by atoms with E-state index < -0.39 is 9.84 Å². The van der Waals surface area contributed by atoms with E-state index in [0.717, 1.165) is 22.9 Å². The van der Waals surface area contributed by atoms with E-state index in [9.17, 15) is 8.42 Å².